The fourth-order valence-electron chi connectivity index (χ4n) is 3.69. The third-order valence-electron chi connectivity index (χ3n) is 4.80. The number of aromatic nitrogens is 3. The van der Waals surface area contributed by atoms with E-state index in [1.54, 1.807) is 6.07 Å². The Kier molecular flexibility index (Phi) is 3.87. The Morgan fingerprint density at radius 1 is 1.20 bits per heavy atom. The molecule has 1 aromatic carbocycles. The first-order valence-corrected chi connectivity index (χ1v) is 8.61. The number of benzene rings is 1. The third kappa shape index (κ3) is 2.63. The van der Waals surface area contributed by atoms with Crippen LogP contribution in [0.4, 0.5) is 5.82 Å². The number of anilines is 1. The zero-order valence-electron chi connectivity index (χ0n) is 14.1. The van der Waals surface area contributed by atoms with Crippen LogP contribution in [0.25, 0.3) is 11.0 Å². The van der Waals surface area contributed by atoms with Gasteiger partial charge in [-0.3, -0.25) is 0 Å². The van der Waals surface area contributed by atoms with Crippen molar-refractivity contribution in [1.29, 1.82) is 0 Å². The van der Waals surface area contributed by atoms with Gasteiger partial charge >= 0.3 is 5.97 Å². The van der Waals surface area contributed by atoms with Crippen molar-refractivity contribution in [2.45, 2.75) is 32.4 Å². The van der Waals surface area contributed by atoms with Crippen LogP contribution in [0.15, 0.2) is 42.5 Å². The third-order valence-corrected chi connectivity index (χ3v) is 4.80. The fourth-order valence-corrected chi connectivity index (χ4v) is 3.69. The largest absolute Gasteiger partial charge is 0.477 e. The minimum atomic E-state index is -1.00. The molecule has 0 bridgehead atoms. The van der Waals surface area contributed by atoms with E-state index in [0.717, 1.165) is 42.8 Å². The zero-order valence-corrected chi connectivity index (χ0v) is 14.1. The molecule has 0 radical (unpaired) electrons. The van der Waals surface area contributed by atoms with Crippen molar-refractivity contribution in [2.24, 2.45) is 0 Å². The van der Waals surface area contributed by atoms with Gasteiger partial charge in [0.1, 0.15) is 11.6 Å². The number of aromatic carboxylic acids is 1. The van der Waals surface area contributed by atoms with E-state index in [9.17, 15) is 9.90 Å². The van der Waals surface area contributed by atoms with Gasteiger partial charge in [0, 0.05) is 13.1 Å². The number of fused-ring (bicyclic) bond motifs is 1. The molecule has 0 spiro atoms. The highest BCUT2D eigenvalue weighted by Gasteiger charge is 2.31. The SMILES string of the molecule is CCn1c(C2CCCN2c2cccc(C(=O)O)n2)nc2ccccc21. The number of imidazole rings is 1. The van der Waals surface area contributed by atoms with Crippen LogP contribution in [0.5, 0.6) is 0 Å². The van der Waals surface area contributed by atoms with E-state index in [0.29, 0.717) is 5.82 Å². The molecule has 2 aromatic heterocycles. The molecular formula is C19H20N4O2. The van der Waals surface area contributed by atoms with E-state index in [1.807, 2.05) is 24.3 Å². The zero-order chi connectivity index (χ0) is 17.4. The summed E-state index contributed by atoms with van der Waals surface area (Å²) in [7, 11) is 0. The smallest absolute Gasteiger partial charge is 0.354 e. The maximum atomic E-state index is 11.2. The molecule has 0 amide bonds. The summed E-state index contributed by atoms with van der Waals surface area (Å²) < 4.78 is 2.25. The van der Waals surface area contributed by atoms with Gasteiger partial charge in [0.05, 0.1) is 17.1 Å². The molecule has 1 saturated heterocycles. The molecule has 1 N–H and O–H groups in total. The van der Waals surface area contributed by atoms with Gasteiger partial charge in [0.2, 0.25) is 0 Å². The first-order chi connectivity index (χ1) is 12.2. The summed E-state index contributed by atoms with van der Waals surface area (Å²) in [5.41, 5.74) is 2.21. The predicted molar refractivity (Wildman–Crippen MR) is 95.9 cm³/mol. The van der Waals surface area contributed by atoms with Crippen LogP contribution in [0, 0.1) is 0 Å². The lowest BCUT2D eigenvalue weighted by Crippen LogP contribution is -2.26. The highest BCUT2D eigenvalue weighted by molar-refractivity contribution is 5.85. The number of para-hydroxylation sites is 2. The van der Waals surface area contributed by atoms with Crippen LogP contribution in [-0.2, 0) is 6.54 Å². The number of rotatable bonds is 4. The highest BCUT2D eigenvalue weighted by atomic mass is 16.4. The second kappa shape index (κ2) is 6.20. The molecule has 6 nitrogen and oxygen atoms in total. The molecule has 1 atom stereocenters. The Labute approximate surface area is 145 Å². The van der Waals surface area contributed by atoms with E-state index in [1.165, 1.54) is 6.07 Å². The molecule has 0 saturated carbocycles. The second-order valence-corrected chi connectivity index (χ2v) is 6.24. The minimum Gasteiger partial charge on any atom is -0.477 e. The van der Waals surface area contributed by atoms with Crippen molar-refractivity contribution in [2.75, 3.05) is 11.4 Å². The van der Waals surface area contributed by atoms with E-state index < -0.39 is 5.97 Å². The van der Waals surface area contributed by atoms with Gasteiger partial charge in [-0.25, -0.2) is 14.8 Å². The Bertz CT molecular complexity index is 934. The Balaban J connectivity index is 1.78. The van der Waals surface area contributed by atoms with Crippen LogP contribution in [0.1, 0.15) is 42.1 Å². The molecule has 1 fully saturated rings. The molecule has 128 valence electrons. The molecule has 1 aliphatic rings. The summed E-state index contributed by atoms with van der Waals surface area (Å²) in [4.78, 5) is 22.6. The summed E-state index contributed by atoms with van der Waals surface area (Å²) >= 11 is 0. The number of carboxylic acid groups (broad SMARTS) is 1. The quantitative estimate of drug-likeness (QED) is 0.789. The predicted octanol–water partition coefficient (Wildman–Crippen LogP) is 3.49. The fraction of sp³-hybridized carbons (Fsp3) is 0.316. The second-order valence-electron chi connectivity index (χ2n) is 6.24. The van der Waals surface area contributed by atoms with Crippen LogP contribution in [0.2, 0.25) is 0 Å². The lowest BCUT2D eigenvalue weighted by atomic mass is 10.2. The lowest BCUT2D eigenvalue weighted by molar-refractivity contribution is 0.0690. The number of pyridine rings is 1. The van der Waals surface area contributed by atoms with Crippen LogP contribution in [0.3, 0.4) is 0 Å². The van der Waals surface area contributed by atoms with Gasteiger partial charge in [0.25, 0.3) is 0 Å². The van der Waals surface area contributed by atoms with E-state index in [2.05, 4.69) is 27.4 Å². The average molecular weight is 336 g/mol. The maximum absolute atomic E-state index is 11.2. The normalized spacial score (nSPS) is 17.3. The number of nitrogens with zero attached hydrogens (tertiary/aromatic N) is 4. The van der Waals surface area contributed by atoms with Gasteiger partial charge in [-0.05, 0) is 44.0 Å². The van der Waals surface area contributed by atoms with Crippen molar-refractivity contribution in [1.82, 2.24) is 14.5 Å². The standard InChI is InChI=1S/C19H20N4O2/c1-2-22-15-9-4-3-7-13(15)21-18(22)16-10-6-12-23(16)17-11-5-8-14(20-17)19(24)25/h3-5,7-9,11,16H,2,6,10,12H2,1H3,(H,24,25). The number of carboxylic acids is 1. The molecule has 3 heterocycles. The van der Waals surface area contributed by atoms with Crippen LogP contribution >= 0.6 is 0 Å². The van der Waals surface area contributed by atoms with Crippen LogP contribution < -0.4 is 4.90 Å². The summed E-state index contributed by atoms with van der Waals surface area (Å²) in [6.45, 7) is 3.83. The van der Waals surface area contributed by atoms with Crippen molar-refractivity contribution >= 4 is 22.8 Å². The van der Waals surface area contributed by atoms with Crippen molar-refractivity contribution in [3.63, 3.8) is 0 Å². The van der Waals surface area contributed by atoms with Gasteiger partial charge in [-0.1, -0.05) is 18.2 Å². The number of carbonyl (C=O) groups is 1. The molecule has 6 heteroatoms. The molecule has 25 heavy (non-hydrogen) atoms. The van der Waals surface area contributed by atoms with E-state index in [-0.39, 0.29) is 11.7 Å². The first-order valence-electron chi connectivity index (χ1n) is 8.61. The molecule has 4 rings (SSSR count). The van der Waals surface area contributed by atoms with Gasteiger partial charge in [0.15, 0.2) is 5.69 Å². The van der Waals surface area contributed by atoms with Crippen molar-refractivity contribution in [3.05, 3.63) is 54.0 Å². The number of aryl methyl sites for hydroxylation is 1. The average Bonchev–Trinajstić information content (AvgIpc) is 3.25. The van der Waals surface area contributed by atoms with Gasteiger partial charge < -0.3 is 14.6 Å². The molecule has 0 aliphatic carbocycles. The summed E-state index contributed by atoms with van der Waals surface area (Å²) in [5.74, 6) is 0.735. The van der Waals surface area contributed by atoms with Gasteiger partial charge in [-0.2, -0.15) is 0 Å². The van der Waals surface area contributed by atoms with E-state index >= 15 is 0 Å². The summed E-state index contributed by atoms with van der Waals surface area (Å²) in [6.07, 6.45) is 2.03. The molecule has 1 aliphatic heterocycles. The Hall–Kier alpha value is -2.89. The Morgan fingerprint density at radius 2 is 2.04 bits per heavy atom. The summed E-state index contributed by atoms with van der Waals surface area (Å²) in [5, 5.41) is 9.21. The van der Waals surface area contributed by atoms with Crippen molar-refractivity contribution in [3.8, 4) is 0 Å². The molecule has 3 aromatic rings. The highest BCUT2D eigenvalue weighted by Crippen LogP contribution is 2.36. The maximum Gasteiger partial charge on any atom is 0.354 e. The number of hydrogen-bond donors (Lipinski definition) is 1. The van der Waals surface area contributed by atoms with Crippen LogP contribution in [-0.4, -0.2) is 32.2 Å². The number of hydrogen-bond acceptors (Lipinski definition) is 4. The monoisotopic (exact) mass is 336 g/mol. The topological polar surface area (TPSA) is 71.2 Å². The van der Waals surface area contributed by atoms with E-state index in [4.69, 9.17) is 4.98 Å². The lowest BCUT2D eigenvalue weighted by Gasteiger charge is -2.26. The molecule has 1 unspecified atom stereocenters. The summed E-state index contributed by atoms with van der Waals surface area (Å²) in [6, 6.07) is 13.4. The molecular weight excluding hydrogens is 316 g/mol. The van der Waals surface area contributed by atoms with Crippen molar-refractivity contribution < 1.29 is 9.90 Å². The first kappa shape index (κ1) is 15.6. The van der Waals surface area contributed by atoms with Gasteiger partial charge in [-0.15, -0.1) is 0 Å². The minimum absolute atomic E-state index is 0.0761. The Morgan fingerprint density at radius 3 is 2.84 bits per heavy atom.